The van der Waals surface area contributed by atoms with Gasteiger partial charge in [-0.05, 0) is 41.3 Å². The lowest BCUT2D eigenvalue weighted by Gasteiger charge is -2.10. The number of amides is 1. The van der Waals surface area contributed by atoms with Gasteiger partial charge in [0.15, 0.2) is 11.6 Å². The Morgan fingerprint density at radius 2 is 1.85 bits per heavy atom. The fourth-order valence-corrected chi connectivity index (χ4v) is 2.17. The van der Waals surface area contributed by atoms with Crippen molar-refractivity contribution in [3.05, 3.63) is 70.3 Å². The molecule has 2 aromatic carbocycles. The maximum Gasteiger partial charge on any atom is 0.248 e. The molecule has 0 bridgehead atoms. The number of carbonyl (C=O) groups excluding carboxylic acids is 1. The second-order valence-electron chi connectivity index (χ2n) is 4.59. The van der Waals surface area contributed by atoms with Crippen LogP contribution in [0.3, 0.4) is 0 Å². The fraction of sp³-hybridized carbons (Fsp3) is 0.188. The quantitative estimate of drug-likeness (QED) is 0.914. The summed E-state index contributed by atoms with van der Waals surface area (Å²) in [6.07, 6.45) is 0.971. The summed E-state index contributed by atoms with van der Waals surface area (Å²) in [5, 5.41) is 0. The molecular formula is C16H15F2NO. The van der Waals surface area contributed by atoms with Crippen LogP contribution in [0.2, 0.25) is 0 Å². The Hall–Kier alpha value is -2.23. The molecule has 104 valence electrons. The van der Waals surface area contributed by atoms with Crippen molar-refractivity contribution in [1.82, 2.24) is 0 Å². The lowest BCUT2D eigenvalue weighted by Crippen LogP contribution is -2.12. The maximum absolute atomic E-state index is 13.7. The first kappa shape index (κ1) is 14.2. The van der Waals surface area contributed by atoms with Crippen LogP contribution in [0, 0.1) is 11.6 Å². The predicted molar refractivity (Wildman–Crippen MR) is 73.5 cm³/mol. The fourth-order valence-electron chi connectivity index (χ4n) is 2.17. The third-order valence-electron chi connectivity index (χ3n) is 3.28. The molecule has 2 aromatic rings. The van der Waals surface area contributed by atoms with Gasteiger partial charge in [0.25, 0.3) is 0 Å². The molecule has 0 unspecified atom stereocenters. The molecule has 2 nitrogen and oxygen atoms in total. The van der Waals surface area contributed by atoms with Crippen molar-refractivity contribution >= 4 is 5.91 Å². The molecule has 0 saturated heterocycles. The summed E-state index contributed by atoms with van der Waals surface area (Å²) in [6, 6.07) is 9.18. The highest BCUT2D eigenvalue weighted by molar-refractivity contribution is 5.93. The van der Waals surface area contributed by atoms with Crippen LogP contribution in [0.1, 0.15) is 34.0 Å². The summed E-state index contributed by atoms with van der Waals surface area (Å²) < 4.78 is 26.9. The second kappa shape index (κ2) is 5.82. The van der Waals surface area contributed by atoms with E-state index in [1.807, 2.05) is 6.92 Å². The van der Waals surface area contributed by atoms with Crippen molar-refractivity contribution in [2.24, 2.45) is 5.73 Å². The highest BCUT2D eigenvalue weighted by Crippen LogP contribution is 2.20. The molecule has 0 spiro atoms. The number of carbonyl (C=O) groups is 1. The maximum atomic E-state index is 13.7. The Bertz CT molecular complexity index is 653. The van der Waals surface area contributed by atoms with Crippen molar-refractivity contribution in [2.45, 2.75) is 19.8 Å². The number of nitrogens with two attached hydrogens (primary N) is 1. The summed E-state index contributed by atoms with van der Waals surface area (Å²) in [6.45, 7) is 1.94. The van der Waals surface area contributed by atoms with E-state index in [1.165, 1.54) is 6.07 Å². The first-order valence-electron chi connectivity index (χ1n) is 6.37. The van der Waals surface area contributed by atoms with Gasteiger partial charge in [0, 0.05) is 12.0 Å². The van der Waals surface area contributed by atoms with Crippen molar-refractivity contribution in [3.63, 3.8) is 0 Å². The zero-order valence-electron chi connectivity index (χ0n) is 11.1. The first-order chi connectivity index (χ1) is 9.52. The monoisotopic (exact) mass is 275 g/mol. The molecule has 0 heterocycles. The molecule has 1 amide bonds. The van der Waals surface area contributed by atoms with Gasteiger partial charge >= 0.3 is 0 Å². The summed E-state index contributed by atoms with van der Waals surface area (Å²) in [5.74, 6) is -2.17. The molecule has 2 N–H and O–H groups in total. The molecule has 0 radical (unpaired) electrons. The number of hydrogen-bond donors (Lipinski definition) is 1. The number of benzene rings is 2. The van der Waals surface area contributed by atoms with Gasteiger partial charge in [0.05, 0.1) is 0 Å². The van der Waals surface area contributed by atoms with Crippen LogP contribution in [-0.2, 0) is 12.8 Å². The van der Waals surface area contributed by atoms with Crippen molar-refractivity contribution < 1.29 is 13.6 Å². The number of hydrogen-bond acceptors (Lipinski definition) is 1. The molecule has 0 saturated carbocycles. The Morgan fingerprint density at radius 1 is 1.10 bits per heavy atom. The topological polar surface area (TPSA) is 43.1 Å². The van der Waals surface area contributed by atoms with E-state index < -0.39 is 17.5 Å². The lowest BCUT2D eigenvalue weighted by molar-refractivity contribution is 0.1000. The molecule has 2 rings (SSSR count). The Kier molecular flexibility index (Phi) is 4.13. The molecule has 20 heavy (non-hydrogen) atoms. The highest BCUT2D eigenvalue weighted by atomic mass is 19.2. The average Bonchev–Trinajstić information content (AvgIpc) is 2.44. The largest absolute Gasteiger partial charge is 0.366 e. The van der Waals surface area contributed by atoms with Gasteiger partial charge in [-0.3, -0.25) is 4.79 Å². The van der Waals surface area contributed by atoms with Crippen LogP contribution < -0.4 is 5.73 Å². The van der Waals surface area contributed by atoms with E-state index in [0.29, 0.717) is 17.5 Å². The van der Waals surface area contributed by atoms with Gasteiger partial charge in [0.2, 0.25) is 5.91 Å². The number of rotatable bonds is 4. The summed E-state index contributed by atoms with van der Waals surface area (Å²) in [4.78, 5) is 11.2. The average molecular weight is 275 g/mol. The van der Waals surface area contributed by atoms with E-state index in [1.54, 1.807) is 24.3 Å². The van der Waals surface area contributed by atoms with Crippen molar-refractivity contribution in [2.75, 3.05) is 0 Å². The van der Waals surface area contributed by atoms with Crippen molar-refractivity contribution in [1.29, 1.82) is 0 Å². The van der Waals surface area contributed by atoms with E-state index in [4.69, 9.17) is 5.73 Å². The predicted octanol–water partition coefficient (Wildman–Crippen LogP) is 3.22. The molecule has 0 aliphatic heterocycles. The molecule has 4 heteroatoms. The van der Waals surface area contributed by atoms with Gasteiger partial charge in [-0.2, -0.15) is 0 Å². The van der Waals surface area contributed by atoms with E-state index in [-0.39, 0.29) is 6.42 Å². The number of primary amides is 1. The minimum Gasteiger partial charge on any atom is -0.366 e. The van der Waals surface area contributed by atoms with Crippen LogP contribution >= 0.6 is 0 Å². The Morgan fingerprint density at radius 3 is 2.50 bits per heavy atom. The van der Waals surface area contributed by atoms with Gasteiger partial charge in [-0.25, -0.2) is 8.78 Å². The Labute approximate surface area is 116 Å². The third kappa shape index (κ3) is 2.85. The van der Waals surface area contributed by atoms with E-state index in [2.05, 4.69) is 0 Å². The van der Waals surface area contributed by atoms with Crippen LogP contribution in [0.4, 0.5) is 8.78 Å². The van der Waals surface area contributed by atoms with Gasteiger partial charge in [0.1, 0.15) is 0 Å². The Balaban J connectivity index is 2.38. The zero-order valence-corrected chi connectivity index (χ0v) is 11.1. The zero-order chi connectivity index (χ0) is 14.7. The molecule has 0 atom stereocenters. The van der Waals surface area contributed by atoms with E-state index in [0.717, 1.165) is 17.2 Å². The smallest absolute Gasteiger partial charge is 0.248 e. The van der Waals surface area contributed by atoms with Crippen LogP contribution in [-0.4, -0.2) is 5.91 Å². The third-order valence-corrected chi connectivity index (χ3v) is 3.28. The highest BCUT2D eigenvalue weighted by Gasteiger charge is 2.11. The van der Waals surface area contributed by atoms with Crippen LogP contribution in [0.15, 0.2) is 36.4 Å². The molecule has 0 aliphatic carbocycles. The van der Waals surface area contributed by atoms with E-state index >= 15 is 0 Å². The second-order valence-corrected chi connectivity index (χ2v) is 4.59. The molecule has 0 aliphatic rings. The van der Waals surface area contributed by atoms with Gasteiger partial charge in [-0.1, -0.05) is 25.1 Å². The summed E-state index contributed by atoms with van der Waals surface area (Å²) in [7, 11) is 0. The van der Waals surface area contributed by atoms with E-state index in [9.17, 15) is 13.6 Å². The summed E-state index contributed by atoms with van der Waals surface area (Å²) in [5.41, 5.74) is 7.73. The normalized spacial score (nSPS) is 10.6. The molecule has 0 fully saturated rings. The van der Waals surface area contributed by atoms with Crippen LogP contribution in [0.5, 0.6) is 0 Å². The summed E-state index contributed by atoms with van der Waals surface area (Å²) >= 11 is 0. The lowest BCUT2D eigenvalue weighted by atomic mass is 9.96. The van der Waals surface area contributed by atoms with Gasteiger partial charge in [-0.15, -0.1) is 0 Å². The van der Waals surface area contributed by atoms with Crippen LogP contribution in [0.25, 0.3) is 0 Å². The SMILES string of the molecule is CCc1cc(C(N)=O)ccc1Cc1cccc(F)c1F. The standard InChI is InChI=1S/C16H15F2NO/c1-2-10-8-13(16(19)20)7-6-11(10)9-12-4-3-5-14(17)15(12)18/h3-8H,2,9H2,1H3,(H2,19,20). The minimum absolute atomic E-state index is 0.284. The molecular weight excluding hydrogens is 260 g/mol. The number of aryl methyl sites for hydroxylation is 1. The number of halogens is 2. The first-order valence-corrected chi connectivity index (χ1v) is 6.37. The van der Waals surface area contributed by atoms with Crippen molar-refractivity contribution in [3.8, 4) is 0 Å². The minimum atomic E-state index is -0.852. The molecule has 0 aromatic heterocycles. The van der Waals surface area contributed by atoms with Gasteiger partial charge < -0.3 is 5.73 Å².